The molecule has 1 aliphatic rings. The molecule has 0 bridgehead atoms. The number of hydrogen-bond donors (Lipinski definition) is 3. The number of amidine groups is 1. The summed E-state index contributed by atoms with van der Waals surface area (Å²) in [5, 5.41) is 29.3. The van der Waals surface area contributed by atoms with Gasteiger partial charge in [-0.05, 0) is 19.4 Å². The van der Waals surface area contributed by atoms with Crippen LogP contribution in [0.2, 0.25) is 0 Å². The lowest BCUT2D eigenvalue weighted by molar-refractivity contribution is -0.214. The maximum absolute atomic E-state index is 10.0. The highest BCUT2D eigenvalue weighted by Crippen LogP contribution is 2.37. The predicted octanol–water partition coefficient (Wildman–Crippen LogP) is 1.84. The van der Waals surface area contributed by atoms with Crippen LogP contribution in [0.5, 0.6) is 0 Å². The lowest BCUT2D eigenvalue weighted by Crippen LogP contribution is -2.41. The zero-order valence-electron chi connectivity index (χ0n) is 9.25. The van der Waals surface area contributed by atoms with Crippen LogP contribution in [0, 0.1) is 5.41 Å². The Hall–Kier alpha value is -1.43. The molecule has 1 aliphatic heterocycles. The van der Waals surface area contributed by atoms with E-state index in [1.165, 1.54) is 0 Å². The van der Waals surface area contributed by atoms with E-state index in [0.29, 0.717) is 0 Å². The maximum atomic E-state index is 10.0. The first-order chi connectivity index (χ1) is 7.46. The summed E-state index contributed by atoms with van der Waals surface area (Å²) in [7, 11) is 0. The minimum Gasteiger partial charge on any atom is -0.311 e. The molecule has 1 aromatic carbocycles. The van der Waals surface area contributed by atoms with E-state index in [-0.39, 0.29) is 5.84 Å². The van der Waals surface area contributed by atoms with Crippen LogP contribution in [0.4, 0.5) is 0 Å². The Labute approximate surface area is 94.0 Å². The monoisotopic (exact) mass is 221 g/mol. The summed E-state index contributed by atoms with van der Waals surface area (Å²) in [5.41, 5.74) is -0.155. The molecule has 1 unspecified atom stereocenters. The molecular weight excluding hydrogens is 206 g/mol. The molecule has 1 aromatic rings. The molecule has 0 amide bonds. The van der Waals surface area contributed by atoms with E-state index in [1.807, 2.05) is 18.2 Å². The highest BCUT2D eigenvalue weighted by molar-refractivity contribution is 5.89. The van der Waals surface area contributed by atoms with E-state index in [9.17, 15) is 10.4 Å². The van der Waals surface area contributed by atoms with E-state index in [2.05, 4.69) is 0 Å². The second-order valence-electron chi connectivity index (χ2n) is 4.38. The largest absolute Gasteiger partial charge is 0.311 e. The molecule has 1 fully saturated rings. The van der Waals surface area contributed by atoms with E-state index in [1.54, 1.807) is 26.0 Å². The smallest absolute Gasteiger partial charge is 0.158 e. The lowest BCUT2D eigenvalue weighted by atomic mass is 10.1. The van der Waals surface area contributed by atoms with Gasteiger partial charge in [0, 0.05) is 0 Å². The molecule has 1 heterocycles. The molecule has 1 atom stereocenters. The van der Waals surface area contributed by atoms with Gasteiger partial charge in [0.05, 0.1) is 0 Å². The van der Waals surface area contributed by atoms with Gasteiger partial charge >= 0.3 is 0 Å². The van der Waals surface area contributed by atoms with Crippen LogP contribution in [0.3, 0.4) is 0 Å². The summed E-state index contributed by atoms with van der Waals surface area (Å²) in [5.74, 6) is -0.0242. The van der Waals surface area contributed by atoms with Gasteiger partial charge in [-0.15, -0.1) is 5.06 Å². The van der Waals surface area contributed by atoms with Crippen molar-refractivity contribution in [3.63, 3.8) is 0 Å². The zero-order valence-corrected chi connectivity index (χ0v) is 9.25. The zero-order chi connectivity index (χ0) is 11.9. The molecule has 3 N–H and O–H groups in total. The van der Waals surface area contributed by atoms with Gasteiger partial charge in [0.15, 0.2) is 6.17 Å². The summed E-state index contributed by atoms with van der Waals surface area (Å²) in [6, 6.07) is 9.10. The summed E-state index contributed by atoms with van der Waals surface area (Å²) in [6.45, 7) is 3.36. The van der Waals surface area contributed by atoms with Gasteiger partial charge < -0.3 is 5.21 Å². The molecule has 16 heavy (non-hydrogen) atoms. The van der Waals surface area contributed by atoms with Crippen molar-refractivity contribution in [1.29, 1.82) is 5.41 Å². The third-order valence-electron chi connectivity index (χ3n) is 2.94. The molecule has 5 heteroatoms. The Bertz CT molecular complexity index is 405. The Morgan fingerprint density at radius 2 is 1.75 bits per heavy atom. The number of rotatable bonds is 1. The van der Waals surface area contributed by atoms with Gasteiger partial charge in [0.1, 0.15) is 11.4 Å². The fraction of sp³-hybridized carbons (Fsp3) is 0.364. The molecule has 86 valence electrons. The van der Waals surface area contributed by atoms with Gasteiger partial charge in [-0.25, -0.2) is 5.06 Å². The van der Waals surface area contributed by atoms with E-state index >= 15 is 0 Å². The van der Waals surface area contributed by atoms with Crippen molar-refractivity contribution in [2.24, 2.45) is 0 Å². The number of benzene rings is 1. The highest BCUT2D eigenvalue weighted by Gasteiger charge is 2.49. The summed E-state index contributed by atoms with van der Waals surface area (Å²) in [6.07, 6.45) is -0.719. The minimum absolute atomic E-state index is 0.0242. The molecule has 0 spiro atoms. The number of nitrogens with zero attached hydrogens (tertiary/aromatic N) is 2. The summed E-state index contributed by atoms with van der Waals surface area (Å²) >= 11 is 0. The molecule has 0 aliphatic carbocycles. The van der Waals surface area contributed by atoms with Crippen molar-refractivity contribution < 1.29 is 10.4 Å². The van der Waals surface area contributed by atoms with Gasteiger partial charge in [0.25, 0.3) is 0 Å². The van der Waals surface area contributed by atoms with Crippen LogP contribution in [0.15, 0.2) is 30.3 Å². The van der Waals surface area contributed by atoms with Crippen LogP contribution in [-0.2, 0) is 0 Å². The molecule has 0 aromatic heterocycles. The Morgan fingerprint density at radius 1 is 1.19 bits per heavy atom. The first-order valence-corrected chi connectivity index (χ1v) is 5.06. The van der Waals surface area contributed by atoms with Crippen LogP contribution in [-0.4, -0.2) is 31.9 Å². The average molecular weight is 221 g/mol. The molecule has 5 nitrogen and oxygen atoms in total. The Morgan fingerprint density at radius 3 is 2.19 bits per heavy atom. The highest BCUT2D eigenvalue weighted by atomic mass is 16.6. The first-order valence-electron chi connectivity index (χ1n) is 5.06. The average Bonchev–Trinajstić information content (AvgIpc) is 2.42. The van der Waals surface area contributed by atoms with Crippen LogP contribution in [0.1, 0.15) is 25.6 Å². The number of hydrogen-bond acceptors (Lipinski definition) is 4. The first kappa shape index (κ1) is 11.1. The van der Waals surface area contributed by atoms with Crippen LogP contribution < -0.4 is 0 Å². The fourth-order valence-corrected chi connectivity index (χ4v) is 1.83. The van der Waals surface area contributed by atoms with Gasteiger partial charge in [-0.2, -0.15) is 0 Å². The van der Waals surface area contributed by atoms with E-state index < -0.39 is 11.7 Å². The number of nitrogens with one attached hydrogen (secondary N) is 1. The van der Waals surface area contributed by atoms with Crippen molar-refractivity contribution in [1.82, 2.24) is 10.1 Å². The van der Waals surface area contributed by atoms with E-state index in [0.717, 1.165) is 15.7 Å². The molecule has 2 rings (SSSR count). The summed E-state index contributed by atoms with van der Waals surface area (Å²) < 4.78 is 0. The van der Waals surface area contributed by atoms with Crippen molar-refractivity contribution in [3.05, 3.63) is 35.9 Å². The molecular formula is C11H15N3O2. The minimum atomic E-state index is -0.894. The normalized spacial score (nSPS) is 25.1. The Kier molecular flexibility index (Phi) is 2.46. The second kappa shape index (κ2) is 3.55. The maximum Gasteiger partial charge on any atom is 0.158 e. The number of hydroxylamine groups is 4. The molecule has 0 radical (unpaired) electrons. The Balaban J connectivity index is 2.41. The third kappa shape index (κ3) is 1.41. The summed E-state index contributed by atoms with van der Waals surface area (Å²) in [4.78, 5) is 0. The molecule has 1 saturated heterocycles. The quantitative estimate of drug-likeness (QED) is 0.676. The van der Waals surface area contributed by atoms with Crippen molar-refractivity contribution in [3.8, 4) is 0 Å². The topological polar surface area (TPSA) is 70.8 Å². The van der Waals surface area contributed by atoms with Crippen molar-refractivity contribution in [2.75, 3.05) is 0 Å². The third-order valence-corrected chi connectivity index (χ3v) is 2.94. The van der Waals surface area contributed by atoms with Gasteiger partial charge in [-0.3, -0.25) is 10.6 Å². The SMILES string of the molecule is CC1(C)C(=N)N(O)C(c2ccccc2)N1O. The van der Waals surface area contributed by atoms with Gasteiger partial charge in [-0.1, -0.05) is 30.3 Å². The van der Waals surface area contributed by atoms with Crippen LogP contribution >= 0.6 is 0 Å². The lowest BCUT2D eigenvalue weighted by Gasteiger charge is -2.26. The second-order valence-corrected chi connectivity index (χ2v) is 4.38. The van der Waals surface area contributed by atoms with Crippen molar-refractivity contribution >= 4 is 5.84 Å². The predicted molar refractivity (Wildman–Crippen MR) is 58.2 cm³/mol. The van der Waals surface area contributed by atoms with Crippen molar-refractivity contribution in [2.45, 2.75) is 25.6 Å². The fourth-order valence-electron chi connectivity index (χ4n) is 1.83. The molecule has 0 saturated carbocycles. The standard InChI is InChI=1S/C11H15N3O2/c1-11(2)10(12)13(15)9(14(11)16)8-6-4-3-5-7-8/h3-7,9,12,15-16H,1-2H3. The van der Waals surface area contributed by atoms with Crippen LogP contribution in [0.25, 0.3) is 0 Å². The van der Waals surface area contributed by atoms with Gasteiger partial charge in [0.2, 0.25) is 0 Å². The van der Waals surface area contributed by atoms with E-state index in [4.69, 9.17) is 5.41 Å².